The van der Waals surface area contributed by atoms with Crippen LogP contribution in [0.5, 0.6) is 5.75 Å². The first-order valence-electron chi connectivity index (χ1n) is 5.42. The van der Waals surface area contributed by atoms with Crippen LogP contribution in [0.4, 0.5) is 0 Å². The second-order valence-corrected chi connectivity index (χ2v) is 5.08. The zero-order chi connectivity index (χ0) is 12.3. The zero-order valence-corrected chi connectivity index (χ0v) is 10.8. The Morgan fingerprint density at radius 3 is 2.53 bits per heavy atom. The van der Waals surface area contributed by atoms with Crippen LogP contribution in [0.15, 0.2) is 24.3 Å². The van der Waals surface area contributed by atoms with E-state index in [1.165, 1.54) is 5.56 Å². The van der Waals surface area contributed by atoms with Gasteiger partial charge in [0, 0.05) is 11.3 Å². The van der Waals surface area contributed by atoms with Gasteiger partial charge in [0.1, 0.15) is 5.75 Å². The Labute approximate surface area is 105 Å². The summed E-state index contributed by atoms with van der Waals surface area (Å²) in [5.74, 6) is 0.861. The predicted molar refractivity (Wildman–Crippen MR) is 68.6 cm³/mol. The van der Waals surface area contributed by atoms with E-state index in [-0.39, 0.29) is 6.61 Å². The molecule has 1 N–H and O–H groups in total. The summed E-state index contributed by atoms with van der Waals surface area (Å²) in [5, 5.41) is 10.1. The monoisotopic (exact) mass is 249 g/mol. The molecule has 0 saturated heterocycles. The molecular formula is C13H15NO2S. The molecule has 0 bridgehead atoms. The van der Waals surface area contributed by atoms with Gasteiger partial charge in [-0.15, -0.1) is 11.3 Å². The maximum Gasteiger partial charge on any atom is 0.118 e. The summed E-state index contributed by atoms with van der Waals surface area (Å²) in [7, 11) is 1.66. The van der Waals surface area contributed by atoms with Crippen molar-refractivity contribution in [3.63, 3.8) is 0 Å². The Morgan fingerprint density at radius 2 is 2.00 bits per heavy atom. The fourth-order valence-corrected chi connectivity index (χ4v) is 2.60. The molecular weight excluding hydrogens is 234 g/mol. The molecule has 3 nitrogen and oxygen atoms in total. The molecule has 4 heteroatoms. The fourth-order valence-electron chi connectivity index (χ4n) is 1.63. The lowest BCUT2D eigenvalue weighted by Crippen LogP contribution is -1.90. The highest BCUT2D eigenvalue weighted by Gasteiger charge is 2.07. The smallest absolute Gasteiger partial charge is 0.118 e. The third-order valence-corrected chi connectivity index (χ3v) is 3.61. The normalized spacial score (nSPS) is 10.5. The molecule has 17 heavy (non-hydrogen) atoms. The summed E-state index contributed by atoms with van der Waals surface area (Å²) in [6.07, 6.45) is 0.801. The third kappa shape index (κ3) is 2.84. The minimum atomic E-state index is 0.0188. The molecule has 0 atom stereocenters. The van der Waals surface area contributed by atoms with Gasteiger partial charge in [-0.2, -0.15) is 0 Å². The maximum atomic E-state index is 9.09. The molecule has 1 aromatic carbocycles. The van der Waals surface area contributed by atoms with Gasteiger partial charge < -0.3 is 9.84 Å². The van der Waals surface area contributed by atoms with Crippen molar-refractivity contribution in [2.45, 2.75) is 20.0 Å². The van der Waals surface area contributed by atoms with Gasteiger partial charge in [0.2, 0.25) is 0 Å². The number of nitrogens with zero attached hydrogens (tertiary/aromatic N) is 1. The van der Waals surface area contributed by atoms with Crippen molar-refractivity contribution in [1.82, 2.24) is 4.98 Å². The SMILES string of the molecule is COc1ccc(Cc2nc(CO)c(C)s2)cc1. The van der Waals surface area contributed by atoms with E-state index in [2.05, 4.69) is 4.98 Å². The lowest BCUT2D eigenvalue weighted by Gasteiger charge is -2.01. The van der Waals surface area contributed by atoms with Crippen LogP contribution in [0.1, 0.15) is 21.1 Å². The maximum absolute atomic E-state index is 9.09. The second kappa shape index (κ2) is 5.29. The van der Waals surface area contributed by atoms with E-state index in [0.717, 1.165) is 27.7 Å². The van der Waals surface area contributed by atoms with Crippen LogP contribution in [0.2, 0.25) is 0 Å². The first-order valence-corrected chi connectivity index (χ1v) is 6.23. The predicted octanol–water partition coefficient (Wildman–Crippen LogP) is 2.54. The molecule has 90 valence electrons. The lowest BCUT2D eigenvalue weighted by molar-refractivity contribution is 0.276. The van der Waals surface area contributed by atoms with Crippen molar-refractivity contribution in [3.05, 3.63) is 45.4 Å². The number of aryl methyl sites for hydroxylation is 1. The molecule has 0 aliphatic carbocycles. The van der Waals surface area contributed by atoms with Gasteiger partial charge in [0.25, 0.3) is 0 Å². The third-order valence-electron chi connectivity index (χ3n) is 2.60. The van der Waals surface area contributed by atoms with Crippen LogP contribution in [-0.4, -0.2) is 17.2 Å². The molecule has 2 rings (SSSR count). The highest BCUT2D eigenvalue weighted by atomic mass is 32.1. The quantitative estimate of drug-likeness (QED) is 0.905. The number of benzene rings is 1. The molecule has 0 spiro atoms. The van der Waals surface area contributed by atoms with Gasteiger partial charge in [-0.25, -0.2) is 4.98 Å². The molecule has 0 saturated carbocycles. The molecule has 0 fully saturated rings. The molecule has 2 aromatic rings. The van der Waals surface area contributed by atoms with Crippen LogP contribution in [0.3, 0.4) is 0 Å². The molecule has 0 radical (unpaired) electrons. The van der Waals surface area contributed by atoms with Gasteiger partial charge in [0.05, 0.1) is 24.4 Å². The van der Waals surface area contributed by atoms with Crippen molar-refractivity contribution in [2.75, 3.05) is 7.11 Å². The summed E-state index contributed by atoms with van der Waals surface area (Å²) in [6.45, 7) is 2.01. The van der Waals surface area contributed by atoms with Crippen LogP contribution in [-0.2, 0) is 13.0 Å². The first kappa shape index (κ1) is 12.1. The first-order chi connectivity index (χ1) is 8.22. The van der Waals surface area contributed by atoms with Gasteiger partial charge in [-0.3, -0.25) is 0 Å². The standard InChI is InChI=1S/C13H15NO2S/c1-9-12(8-15)14-13(17-9)7-10-3-5-11(16-2)6-4-10/h3-6,15H,7-8H2,1-2H3. The largest absolute Gasteiger partial charge is 0.497 e. The van der Waals surface area contributed by atoms with Gasteiger partial charge in [-0.1, -0.05) is 12.1 Å². The van der Waals surface area contributed by atoms with E-state index in [9.17, 15) is 0 Å². The summed E-state index contributed by atoms with van der Waals surface area (Å²) in [5.41, 5.74) is 1.99. The van der Waals surface area contributed by atoms with E-state index in [1.54, 1.807) is 18.4 Å². The summed E-state index contributed by atoms with van der Waals surface area (Å²) >= 11 is 1.64. The Kier molecular flexibility index (Phi) is 3.76. The van der Waals surface area contributed by atoms with Crippen LogP contribution < -0.4 is 4.74 Å². The van der Waals surface area contributed by atoms with Crippen molar-refractivity contribution >= 4 is 11.3 Å². The van der Waals surface area contributed by atoms with E-state index in [4.69, 9.17) is 9.84 Å². The summed E-state index contributed by atoms with van der Waals surface area (Å²) in [4.78, 5) is 5.50. The molecule has 0 unspecified atom stereocenters. The topological polar surface area (TPSA) is 42.4 Å². The minimum absolute atomic E-state index is 0.0188. The summed E-state index contributed by atoms with van der Waals surface area (Å²) < 4.78 is 5.11. The number of hydrogen-bond donors (Lipinski definition) is 1. The van der Waals surface area contributed by atoms with Crippen LogP contribution in [0.25, 0.3) is 0 Å². The second-order valence-electron chi connectivity index (χ2n) is 3.79. The zero-order valence-electron chi connectivity index (χ0n) is 9.93. The lowest BCUT2D eigenvalue weighted by atomic mass is 10.1. The molecule has 1 heterocycles. The molecule has 0 aliphatic heterocycles. The average Bonchev–Trinajstić information content (AvgIpc) is 2.70. The van der Waals surface area contributed by atoms with E-state index in [0.29, 0.717) is 0 Å². The number of hydrogen-bond acceptors (Lipinski definition) is 4. The van der Waals surface area contributed by atoms with Crippen molar-refractivity contribution in [2.24, 2.45) is 0 Å². The molecule has 0 amide bonds. The number of rotatable bonds is 4. The van der Waals surface area contributed by atoms with Gasteiger partial charge >= 0.3 is 0 Å². The van der Waals surface area contributed by atoms with Gasteiger partial charge in [0.15, 0.2) is 0 Å². The molecule has 0 aliphatic rings. The minimum Gasteiger partial charge on any atom is -0.497 e. The molecule has 1 aromatic heterocycles. The van der Waals surface area contributed by atoms with E-state index < -0.39 is 0 Å². The van der Waals surface area contributed by atoms with E-state index in [1.807, 2.05) is 31.2 Å². The number of ether oxygens (including phenoxy) is 1. The van der Waals surface area contributed by atoms with Crippen molar-refractivity contribution < 1.29 is 9.84 Å². The Balaban J connectivity index is 2.13. The van der Waals surface area contributed by atoms with Crippen LogP contribution >= 0.6 is 11.3 Å². The average molecular weight is 249 g/mol. The highest BCUT2D eigenvalue weighted by Crippen LogP contribution is 2.21. The Morgan fingerprint density at radius 1 is 1.29 bits per heavy atom. The van der Waals surface area contributed by atoms with Crippen LogP contribution in [0, 0.1) is 6.92 Å². The number of aliphatic hydroxyl groups excluding tert-OH is 1. The highest BCUT2D eigenvalue weighted by molar-refractivity contribution is 7.11. The van der Waals surface area contributed by atoms with Gasteiger partial charge in [-0.05, 0) is 24.6 Å². The Bertz CT molecular complexity index is 491. The Hall–Kier alpha value is -1.39. The van der Waals surface area contributed by atoms with Crippen molar-refractivity contribution in [3.8, 4) is 5.75 Å². The van der Waals surface area contributed by atoms with E-state index >= 15 is 0 Å². The number of thiazole rings is 1. The summed E-state index contributed by atoms with van der Waals surface area (Å²) in [6, 6.07) is 7.97. The number of methoxy groups -OCH3 is 1. The number of aliphatic hydroxyl groups is 1. The van der Waals surface area contributed by atoms with Crippen molar-refractivity contribution in [1.29, 1.82) is 0 Å². The fraction of sp³-hybridized carbons (Fsp3) is 0.308. The number of aromatic nitrogens is 1.